The molecule has 1 atom stereocenters. The van der Waals surface area contributed by atoms with Crippen LogP contribution >= 0.6 is 15.9 Å². The molecule has 1 unspecified atom stereocenters. The van der Waals surface area contributed by atoms with Gasteiger partial charge in [0.25, 0.3) is 0 Å². The minimum atomic E-state index is -1.10. The lowest BCUT2D eigenvalue weighted by Crippen LogP contribution is -2.44. The predicted octanol–water partition coefficient (Wildman–Crippen LogP) is 3.01. The van der Waals surface area contributed by atoms with Crippen LogP contribution < -0.4 is 10.6 Å². The number of carbonyl (C=O) groups is 2. The van der Waals surface area contributed by atoms with Crippen LogP contribution in [0.4, 0.5) is 10.5 Å². The van der Waals surface area contributed by atoms with E-state index >= 15 is 0 Å². The van der Waals surface area contributed by atoms with Gasteiger partial charge in [-0.05, 0) is 38.5 Å². The molecule has 0 saturated carbocycles. The Morgan fingerprint density at radius 1 is 1.26 bits per heavy atom. The molecule has 0 heterocycles. The van der Waals surface area contributed by atoms with Crippen molar-refractivity contribution in [2.75, 3.05) is 17.2 Å². The van der Waals surface area contributed by atoms with Gasteiger partial charge in [-0.1, -0.05) is 28.1 Å². The number of ether oxygens (including phenoxy) is 1. The Morgan fingerprint density at radius 2 is 1.87 bits per heavy atom. The molecule has 7 heteroatoms. The number of anilines is 1. The van der Waals surface area contributed by atoms with Gasteiger partial charge in [-0.25, -0.2) is 9.59 Å². The highest BCUT2D eigenvalue weighted by Gasteiger charge is 2.24. The number of hydrogen-bond acceptors (Lipinski definition) is 4. The average molecular weight is 387 g/mol. The highest BCUT2D eigenvalue weighted by Crippen LogP contribution is 2.12. The molecule has 23 heavy (non-hydrogen) atoms. The Hall–Kier alpha value is -1.76. The van der Waals surface area contributed by atoms with E-state index < -0.39 is 23.7 Å². The number of hydrogen-bond donors (Lipinski definition) is 3. The van der Waals surface area contributed by atoms with E-state index in [9.17, 15) is 14.7 Å². The third kappa shape index (κ3) is 7.88. The van der Waals surface area contributed by atoms with E-state index in [1.54, 1.807) is 20.8 Å². The summed E-state index contributed by atoms with van der Waals surface area (Å²) in [6, 6.07) is 6.40. The number of amides is 1. The first-order chi connectivity index (χ1) is 10.7. The van der Waals surface area contributed by atoms with Crippen LogP contribution in [0.3, 0.4) is 0 Å². The molecule has 0 aliphatic rings. The molecule has 0 radical (unpaired) electrons. The van der Waals surface area contributed by atoms with E-state index in [0.717, 1.165) is 23.1 Å². The third-order valence-electron chi connectivity index (χ3n) is 2.81. The fourth-order valence-corrected chi connectivity index (χ4v) is 2.03. The number of alkyl halides is 1. The van der Waals surface area contributed by atoms with Gasteiger partial charge in [0.1, 0.15) is 11.6 Å². The van der Waals surface area contributed by atoms with Gasteiger partial charge < -0.3 is 20.5 Å². The number of halogens is 1. The molecule has 1 amide bonds. The van der Waals surface area contributed by atoms with E-state index in [0.29, 0.717) is 0 Å². The lowest BCUT2D eigenvalue weighted by Gasteiger charge is -2.22. The minimum absolute atomic E-state index is 0.188. The number of benzene rings is 1. The number of nitrogens with one attached hydrogen (secondary N) is 2. The Kier molecular flexibility index (Phi) is 7.35. The molecule has 128 valence electrons. The molecule has 0 aliphatic heterocycles. The quantitative estimate of drug-likeness (QED) is 0.626. The van der Waals surface area contributed by atoms with Gasteiger partial charge in [-0.2, -0.15) is 0 Å². The number of rotatable bonds is 7. The molecule has 3 N–H and O–H groups in total. The van der Waals surface area contributed by atoms with Gasteiger partial charge in [0.05, 0.1) is 0 Å². The van der Waals surface area contributed by atoms with E-state index in [2.05, 4.69) is 26.6 Å². The summed E-state index contributed by atoms with van der Waals surface area (Å²) in [6.45, 7) is 5.97. The number of carboxylic acids is 1. The van der Waals surface area contributed by atoms with E-state index in [1.807, 2.05) is 24.3 Å². The lowest BCUT2D eigenvalue weighted by atomic mass is 10.1. The van der Waals surface area contributed by atoms with Crippen LogP contribution in [-0.4, -0.2) is 40.7 Å². The fourth-order valence-electron chi connectivity index (χ4n) is 1.84. The van der Waals surface area contributed by atoms with Crippen molar-refractivity contribution in [3.05, 3.63) is 29.8 Å². The summed E-state index contributed by atoms with van der Waals surface area (Å²) in [4.78, 5) is 23.1. The summed E-state index contributed by atoms with van der Waals surface area (Å²) in [6.07, 6.45) is -0.548. The average Bonchev–Trinajstić information content (AvgIpc) is 2.43. The van der Waals surface area contributed by atoms with Crippen molar-refractivity contribution in [1.82, 2.24) is 5.32 Å². The van der Waals surface area contributed by atoms with Crippen molar-refractivity contribution >= 4 is 33.7 Å². The van der Waals surface area contributed by atoms with Crippen LogP contribution in [0, 0.1) is 0 Å². The smallest absolute Gasteiger partial charge is 0.408 e. The molecule has 0 fully saturated rings. The summed E-state index contributed by atoms with van der Waals surface area (Å²) in [7, 11) is 0. The highest BCUT2D eigenvalue weighted by molar-refractivity contribution is 9.09. The van der Waals surface area contributed by atoms with Crippen LogP contribution in [0.1, 0.15) is 26.3 Å². The van der Waals surface area contributed by atoms with E-state index in [4.69, 9.17) is 4.74 Å². The van der Waals surface area contributed by atoms with Crippen molar-refractivity contribution in [1.29, 1.82) is 0 Å². The second-order valence-corrected chi connectivity index (χ2v) is 6.85. The Labute approximate surface area is 144 Å². The SMILES string of the molecule is CC(C)(C)OC(=O)NC(Cc1ccc(NCCBr)cc1)C(=O)O. The Bertz CT molecular complexity index is 526. The van der Waals surface area contributed by atoms with Crippen molar-refractivity contribution in [2.45, 2.75) is 38.8 Å². The molecule has 1 rings (SSSR count). The number of alkyl carbamates (subject to hydrolysis) is 1. The molecule has 0 spiro atoms. The van der Waals surface area contributed by atoms with Crippen LogP contribution in [0.5, 0.6) is 0 Å². The predicted molar refractivity (Wildman–Crippen MR) is 93.2 cm³/mol. The second-order valence-electron chi connectivity index (χ2n) is 6.05. The van der Waals surface area contributed by atoms with Crippen LogP contribution in [0.2, 0.25) is 0 Å². The van der Waals surface area contributed by atoms with Gasteiger partial charge in [-0.3, -0.25) is 0 Å². The molecule has 1 aromatic carbocycles. The molecular weight excluding hydrogens is 364 g/mol. The maximum Gasteiger partial charge on any atom is 0.408 e. The zero-order valence-corrected chi connectivity index (χ0v) is 15.1. The minimum Gasteiger partial charge on any atom is -0.480 e. The van der Waals surface area contributed by atoms with Gasteiger partial charge in [0, 0.05) is 24.0 Å². The zero-order chi connectivity index (χ0) is 17.5. The Morgan fingerprint density at radius 3 is 2.35 bits per heavy atom. The summed E-state index contributed by atoms with van der Waals surface area (Å²) >= 11 is 3.33. The number of carbonyl (C=O) groups excluding carboxylic acids is 1. The van der Waals surface area contributed by atoms with Crippen LogP contribution in [0.15, 0.2) is 24.3 Å². The second kappa shape index (κ2) is 8.76. The number of carboxylic acid groups (broad SMARTS) is 1. The summed E-state index contributed by atoms with van der Waals surface area (Å²) in [5, 5.41) is 15.7. The topological polar surface area (TPSA) is 87.7 Å². The van der Waals surface area contributed by atoms with Crippen molar-refractivity contribution in [3.63, 3.8) is 0 Å². The van der Waals surface area contributed by atoms with Gasteiger partial charge >= 0.3 is 12.1 Å². The third-order valence-corrected chi connectivity index (χ3v) is 3.20. The monoisotopic (exact) mass is 386 g/mol. The molecule has 6 nitrogen and oxygen atoms in total. The molecular formula is C16H23BrN2O4. The first-order valence-corrected chi connectivity index (χ1v) is 8.44. The first kappa shape index (κ1) is 19.3. The highest BCUT2D eigenvalue weighted by atomic mass is 79.9. The normalized spacial score (nSPS) is 12.3. The fraction of sp³-hybridized carbons (Fsp3) is 0.500. The number of aliphatic carboxylic acids is 1. The summed E-state index contributed by atoms with van der Waals surface area (Å²) in [5.74, 6) is -1.10. The molecule has 0 aromatic heterocycles. The lowest BCUT2D eigenvalue weighted by molar-refractivity contribution is -0.139. The van der Waals surface area contributed by atoms with Gasteiger partial charge in [-0.15, -0.1) is 0 Å². The van der Waals surface area contributed by atoms with Crippen molar-refractivity contribution < 1.29 is 19.4 Å². The van der Waals surface area contributed by atoms with Crippen LogP contribution in [-0.2, 0) is 16.0 Å². The molecule has 1 aromatic rings. The van der Waals surface area contributed by atoms with Crippen molar-refractivity contribution in [3.8, 4) is 0 Å². The summed E-state index contributed by atoms with van der Waals surface area (Å²) in [5.41, 5.74) is 1.11. The summed E-state index contributed by atoms with van der Waals surface area (Å²) < 4.78 is 5.09. The maximum absolute atomic E-state index is 11.7. The van der Waals surface area contributed by atoms with Gasteiger partial charge in [0.15, 0.2) is 0 Å². The standard InChI is InChI=1S/C16H23BrN2O4/c1-16(2,3)23-15(22)19-13(14(20)21)10-11-4-6-12(7-5-11)18-9-8-17/h4-7,13,18H,8-10H2,1-3H3,(H,19,22)(H,20,21). The molecule has 0 bridgehead atoms. The first-order valence-electron chi connectivity index (χ1n) is 7.32. The Balaban J connectivity index is 2.65. The zero-order valence-electron chi connectivity index (χ0n) is 13.6. The largest absolute Gasteiger partial charge is 0.480 e. The maximum atomic E-state index is 11.7. The van der Waals surface area contributed by atoms with E-state index in [1.165, 1.54) is 0 Å². The van der Waals surface area contributed by atoms with Gasteiger partial charge in [0.2, 0.25) is 0 Å². The van der Waals surface area contributed by atoms with Crippen LogP contribution in [0.25, 0.3) is 0 Å². The molecule has 0 saturated heterocycles. The van der Waals surface area contributed by atoms with Crippen molar-refractivity contribution in [2.24, 2.45) is 0 Å². The molecule has 0 aliphatic carbocycles. The van der Waals surface area contributed by atoms with E-state index in [-0.39, 0.29) is 6.42 Å².